The molecule has 5 rings (SSSR count). The highest BCUT2D eigenvalue weighted by Gasteiger charge is 2.23. The molecule has 0 saturated heterocycles. The topological polar surface area (TPSA) is 102 Å². The first-order valence-electron chi connectivity index (χ1n) is 9.93. The SMILES string of the molecule is COc1ccc2c3oc(=O)c(Sc4ccccc4O)c(O)c3c(=O)n(-c3ccccc3)c2c1. The van der Waals surface area contributed by atoms with Crippen LogP contribution in [-0.2, 0) is 0 Å². The Morgan fingerprint density at radius 3 is 2.39 bits per heavy atom. The molecule has 0 aliphatic rings. The van der Waals surface area contributed by atoms with Crippen LogP contribution in [0.4, 0.5) is 0 Å². The molecule has 0 radical (unpaired) electrons. The van der Waals surface area contributed by atoms with Crippen molar-refractivity contribution in [3.63, 3.8) is 0 Å². The maximum atomic E-state index is 13.7. The van der Waals surface area contributed by atoms with E-state index in [1.807, 2.05) is 6.07 Å². The molecule has 0 fully saturated rings. The number of pyridine rings is 1. The number of hydrogen-bond acceptors (Lipinski definition) is 7. The monoisotopic (exact) mass is 459 g/mol. The van der Waals surface area contributed by atoms with Crippen molar-refractivity contribution in [1.29, 1.82) is 0 Å². The Morgan fingerprint density at radius 2 is 1.67 bits per heavy atom. The van der Waals surface area contributed by atoms with Crippen LogP contribution in [0.1, 0.15) is 0 Å². The first-order valence-corrected chi connectivity index (χ1v) is 10.7. The first-order chi connectivity index (χ1) is 16.0. The number of nitrogens with zero attached hydrogens (tertiary/aromatic N) is 1. The lowest BCUT2D eigenvalue weighted by atomic mass is 10.1. The Morgan fingerprint density at radius 1 is 0.939 bits per heavy atom. The molecule has 0 aliphatic heterocycles. The highest BCUT2D eigenvalue weighted by atomic mass is 32.2. The number of ether oxygens (including phenoxy) is 1. The molecule has 2 heterocycles. The Balaban J connectivity index is 1.90. The fourth-order valence-electron chi connectivity index (χ4n) is 3.71. The number of rotatable bonds is 4. The van der Waals surface area contributed by atoms with Crippen molar-refractivity contribution in [2.24, 2.45) is 0 Å². The highest BCUT2D eigenvalue weighted by molar-refractivity contribution is 7.99. The number of phenolic OH excluding ortho intramolecular Hbond substituents is 1. The van der Waals surface area contributed by atoms with Crippen LogP contribution in [0.2, 0.25) is 0 Å². The summed E-state index contributed by atoms with van der Waals surface area (Å²) in [5.74, 6) is -0.0418. The van der Waals surface area contributed by atoms with Crippen LogP contribution < -0.4 is 15.9 Å². The average molecular weight is 459 g/mol. The van der Waals surface area contributed by atoms with Crippen molar-refractivity contribution in [2.45, 2.75) is 9.79 Å². The second-order valence-electron chi connectivity index (χ2n) is 7.20. The van der Waals surface area contributed by atoms with Crippen LogP contribution in [0.5, 0.6) is 17.2 Å². The van der Waals surface area contributed by atoms with Crippen molar-refractivity contribution in [1.82, 2.24) is 4.57 Å². The van der Waals surface area contributed by atoms with E-state index >= 15 is 0 Å². The van der Waals surface area contributed by atoms with Crippen LogP contribution >= 0.6 is 11.8 Å². The Kier molecular flexibility index (Phi) is 5.07. The quantitative estimate of drug-likeness (QED) is 0.377. The van der Waals surface area contributed by atoms with Crippen LogP contribution in [0.25, 0.3) is 27.6 Å². The van der Waals surface area contributed by atoms with Gasteiger partial charge in [0.05, 0.1) is 17.5 Å². The van der Waals surface area contributed by atoms with Crippen molar-refractivity contribution >= 4 is 33.6 Å². The molecular formula is C25H17NO6S. The summed E-state index contributed by atoms with van der Waals surface area (Å²) >= 11 is 0.830. The van der Waals surface area contributed by atoms with Gasteiger partial charge in [-0.25, -0.2) is 4.79 Å². The summed E-state index contributed by atoms with van der Waals surface area (Å²) in [7, 11) is 1.52. The van der Waals surface area contributed by atoms with Gasteiger partial charge in [-0.3, -0.25) is 9.36 Å². The third-order valence-corrected chi connectivity index (χ3v) is 6.39. The third-order valence-electron chi connectivity index (χ3n) is 5.26. The van der Waals surface area contributed by atoms with Gasteiger partial charge in [0, 0.05) is 17.1 Å². The largest absolute Gasteiger partial charge is 0.507 e. The minimum absolute atomic E-state index is 0.0195. The standard InChI is InChI=1S/C25H17NO6S/c1-31-15-11-12-16-17(13-15)26(14-7-3-2-4-8-14)24(29)20-21(28)23(25(30)32-22(16)20)33-19-10-6-5-9-18(19)27/h2-13,27-28H,1H3. The summed E-state index contributed by atoms with van der Waals surface area (Å²) in [6.07, 6.45) is 0. The minimum atomic E-state index is -0.817. The molecule has 7 nitrogen and oxygen atoms in total. The lowest BCUT2D eigenvalue weighted by molar-refractivity contribution is 0.415. The van der Waals surface area contributed by atoms with Gasteiger partial charge in [0.25, 0.3) is 5.56 Å². The number of methoxy groups -OCH3 is 1. The van der Waals surface area contributed by atoms with Gasteiger partial charge in [-0.2, -0.15) is 0 Å². The minimum Gasteiger partial charge on any atom is -0.507 e. The summed E-state index contributed by atoms with van der Waals surface area (Å²) in [6.45, 7) is 0. The van der Waals surface area contributed by atoms with Gasteiger partial charge in [-0.15, -0.1) is 0 Å². The molecule has 0 atom stereocenters. The van der Waals surface area contributed by atoms with Crippen LogP contribution in [0.3, 0.4) is 0 Å². The van der Waals surface area contributed by atoms with E-state index in [4.69, 9.17) is 9.15 Å². The van der Waals surface area contributed by atoms with E-state index in [9.17, 15) is 19.8 Å². The molecule has 2 N–H and O–H groups in total. The smallest absolute Gasteiger partial charge is 0.354 e. The fourth-order valence-corrected chi connectivity index (χ4v) is 4.57. The number of aromatic nitrogens is 1. The lowest BCUT2D eigenvalue weighted by Crippen LogP contribution is -2.20. The number of fused-ring (bicyclic) bond motifs is 3. The van der Waals surface area contributed by atoms with Crippen molar-refractivity contribution < 1.29 is 19.4 Å². The van der Waals surface area contributed by atoms with Crippen LogP contribution in [-0.4, -0.2) is 21.9 Å². The van der Waals surface area contributed by atoms with Gasteiger partial charge >= 0.3 is 5.63 Å². The van der Waals surface area contributed by atoms with Crippen molar-refractivity contribution in [2.75, 3.05) is 7.11 Å². The predicted octanol–water partition coefficient (Wildman–Crippen LogP) is 4.67. The van der Waals surface area contributed by atoms with E-state index < -0.39 is 16.9 Å². The van der Waals surface area contributed by atoms with Crippen LogP contribution in [0.15, 0.2) is 96.6 Å². The van der Waals surface area contributed by atoms with E-state index in [2.05, 4.69) is 0 Å². The zero-order valence-electron chi connectivity index (χ0n) is 17.3. The molecular weight excluding hydrogens is 442 g/mol. The van der Waals surface area contributed by atoms with E-state index in [1.165, 1.54) is 17.7 Å². The lowest BCUT2D eigenvalue weighted by Gasteiger charge is -2.15. The van der Waals surface area contributed by atoms with Crippen molar-refractivity contribution in [3.8, 4) is 22.9 Å². The number of para-hydroxylation sites is 2. The molecule has 2 aromatic heterocycles. The molecule has 0 unspecified atom stereocenters. The summed E-state index contributed by atoms with van der Waals surface area (Å²) in [5, 5.41) is 21.5. The maximum Gasteiger partial charge on any atom is 0.354 e. The Labute approximate surface area is 191 Å². The van der Waals surface area contributed by atoms with E-state index in [0.717, 1.165) is 11.8 Å². The average Bonchev–Trinajstić information content (AvgIpc) is 2.83. The van der Waals surface area contributed by atoms with Crippen LogP contribution in [0, 0.1) is 0 Å². The summed E-state index contributed by atoms with van der Waals surface area (Å²) in [4.78, 5) is 26.7. The maximum absolute atomic E-state index is 13.7. The van der Waals surface area contributed by atoms with Gasteiger partial charge in [0.1, 0.15) is 21.8 Å². The van der Waals surface area contributed by atoms with E-state index in [1.54, 1.807) is 60.7 Å². The second kappa shape index (κ2) is 8.07. The zero-order valence-corrected chi connectivity index (χ0v) is 18.1. The zero-order chi connectivity index (χ0) is 23.1. The molecule has 3 aromatic carbocycles. The first kappa shape index (κ1) is 20.7. The highest BCUT2D eigenvalue weighted by Crippen LogP contribution is 2.40. The third kappa shape index (κ3) is 3.41. The van der Waals surface area contributed by atoms with E-state index in [-0.39, 0.29) is 21.6 Å². The van der Waals surface area contributed by atoms with Crippen molar-refractivity contribution in [3.05, 3.63) is 93.6 Å². The van der Waals surface area contributed by atoms with Gasteiger partial charge in [-0.05, 0) is 36.4 Å². The number of aromatic hydroxyl groups is 2. The van der Waals surface area contributed by atoms with Gasteiger partial charge in [0.2, 0.25) is 0 Å². The summed E-state index contributed by atoms with van der Waals surface area (Å²) < 4.78 is 12.3. The Hall–Kier alpha value is -4.17. The van der Waals surface area contributed by atoms with E-state index in [0.29, 0.717) is 27.2 Å². The molecule has 5 aromatic rings. The number of hydrogen-bond donors (Lipinski definition) is 2. The molecule has 0 bridgehead atoms. The number of phenols is 1. The number of benzene rings is 3. The normalized spacial score (nSPS) is 11.2. The molecule has 164 valence electrons. The molecule has 0 amide bonds. The molecule has 0 spiro atoms. The van der Waals surface area contributed by atoms with Gasteiger partial charge in [-0.1, -0.05) is 42.1 Å². The molecule has 0 saturated carbocycles. The summed E-state index contributed by atoms with van der Waals surface area (Å²) in [5.41, 5.74) is -0.363. The van der Waals surface area contributed by atoms with Gasteiger partial charge < -0.3 is 19.4 Å². The predicted molar refractivity (Wildman–Crippen MR) is 126 cm³/mol. The summed E-state index contributed by atoms with van der Waals surface area (Å²) in [6, 6.07) is 20.4. The second-order valence-corrected chi connectivity index (χ2v) is 8.25. The van der Waals surface area contributed by atoms with Gasteiger partial charge in [0.15, 0.2) is 11.3 Å². The molecule has 8 heteroatoms. The Bertz CT molecular complexity index is 1640. The molecule has 0 aliphatic carbocycles. The fraction of sp³-hybridized carbons (Fsp3) is 0.0400. The molecule has 33 heavy (non-hydrogen) atoms.